The van der Waals surface area contributed by atoms with E-state index in [0.29, 0.717) is 13.2 Å². The number of unbranched alkanes of at least 4 members (excludes halogenated alkanes) is 10. The molecular weight excluding hydrogens is 521 g/mol. The Bertz CT molecular complexity index is 1170. The molecule has 0 fully saturated rings. The fourth-order valence-corrected chi connectivity index (χ4v) is 6.69. The summed E-state index contributed by atoms with van der Waals surface area (Å²) in [6, 6.07) is 8.54. The molecule has 1 aliphatic rings. The zero-order valence-electron chi connectivity index (χ0n) is 24.4. The van der Waals surface area contributed by atoms with Gasteiger partial charge in [0.25, 0.3) is 0 Å². The molecule has 0 aliphatic carbocycles. The van der Waals surface area contributed by atoms with E-state index in [1.807, 2.05) is 0 Å². The zero-order chi connectivity index (χ0) is 27.5. The number of hydrogen-bond acceptors (Lipinski definition) is 6. The molecule has 0 saturated carbocycles. The van der Waals surface area contributed by atoms with Crippen molar-refractivity contribution in [1.29, 1.82) is 0 Å². The first-order valence-corrected chi connectivity index (χ1v) is 16.8. The molecule has 1 aromatic carbocycles. The van der Waals surface area contributed by atoms with Gasteiger partial charge >= 0.3 is 0 Å². The third kappa shape index (κ3) is 7.94. The molecule has 6 heteroatoms. The second-order valence-corrected chi connectivity index (χ2v) is 12.9. The van der Waals surface area contributed by atoms with Crippen LogP contribution < -0.4 is 20.2 Å². The fraction of sp³-hybridized carbons (Fsp3) is 0.576. The van der Waals surface area contributed by atoms with E-state index in [1.165, 1.54) is 64.2 Å². The van der Waals surface area contributed by atoms with Gasteiger partial charge in [-0.2, -0.15) is 0 Å². The zero-order valence-corrected chi connectivity index (χ0v) is 26.0. The SMILES string of the molecule is CCCCCCCCOc1c(OCCCCCCCC)c(-c2cccs2)c2c(c1-c1cccs1)=NC(C)(C)N=2. The summed E-state index contributed by atoms with van der Waals surface area (Å²) in [6.07, 6.45) is 14.8. The molecule has 0 N–H and O–H groups in total. The second-order valence-electron chi connectivity index (χ2n) is 11.0. The van der Waals surface area contributed by atoms with Crippen LogP contribution in [-0.4, -0.2) is 18.9 Å². The van der Waals surface area contributed by atoms with Crippen molar-refractivity contribution in [2.24, 2.45) is 9.98 Å². The van der Waals surface area contributed by atoms with E-state index in [0.717, 1.165) is 55.9 Å². The molecule has 39 heavy (non-hydrogen) atoms. The molecule has 2 aromatic heterocycles. The standard InChI is InChI=1S/C33H46N2O2S2/c1-5-7-9-11-13-15-21-36-31-27(25-19-17-23-38-25)29-30(35-33(3,4)34-29)28(26-20-18-24-39-26)32(31)37-22-16-14-12-10-8-6-2/h17-20,23-24H,5-16,21-22H2,1-4H3. The van der Waals surface area contributed by atoms with Gasteiger partial charge < -0.3 is 9.47 Å². The van der Waals surface area contributed by atoms with Gasteiger partial charge in [-0.15, -0.1) is 22.7 Å². The van der Waals surface area contributed by atoms with Crippen LogP contribution in [0.4, 0.5) is 0 Å². The smallest absolute Gasteiger partial charge is 0.172 e. The maximum atomic E-state index is 6.73. The van der Waals surface area contributed by atoms with Crippen LogP contribution in [0.3, 0.4) is 0 Å². The Labute approximate surface area is 243 Å². The molecule has 0 radical (unpaired) electrons. The van der Waals surface area contributed by atoms with E-state index in [1.54, 1.807) is 22.7 Å². The topological polar surface area (TPSA) is 43.2 Å². The normalized spacial score (nSPS) is 13.6. The molecule has 0 atom stereocenters. The summed E-state index contributed by atoms with van der Waals surface area (Å²) in [5.74, 6) is 1.69. The number of hydrogen-bond donors (Lipinski definition) is 0. The summed E-state index contributed by atoms with van der Waals surface area (Å²) in [4.78, 5) is 12.6. The van der Waals surface area contributed by atoms with Crippen molar-refractivity contribution in [3.05, 3.63) is 45.7 Å². The molecule has 1 aliphatic heterocycles. The number of ether oxygens (including phenoxy) is 2. The Morgan fingerprint density at radius 1 is 0.615 bits per heavy atom. The van der Waals surface area contributed by atoms with Crippen LogP contribution in [0.2, 0.25) is 0 Å². The first kappa shape index (κ1) is 29.8. The van der Waals surface area contributed by atoms with Crippen molar-refractivity contribution in [1.82, 2.24) is 0 Å². The Hall–Kier alpha value is -2.18. The van der Waals surface area contributed by atoms with Gasteiger partial charge in [-0.05, 0) is 49.6 Å². The van der Waals surface area contributed by atoms with Crippen LogP contribution in [-0.2, 0) is 0 Å². The van der Waals surface area contributed by atoms with E-state index in [9.17, 15) is 0 Å². The third-order valence-electron chi connectivity index (χ3n) is 7.15. The Morgan fingerprint density at radius 3 is 1.41 bits per heavy atom. The first-order chi connectivity index (χ1) is 19.1. The molecule has 0 amide bonds. The largest absolute Gasteiger partial charge is 0.489 e. The predicted molar refractivity (Wildman–Crippen MR) is 167 cm³/mol. The lowest BCUT2D eigenvalue weighted by Crippen LogP contribution is -2.28. The first-order valence-electron chi connectivity index (χ1n) is 15.1. The lowest BCUT2D eigenvalue weighted by atomic mass is 10.0. The summed E-state index contributed by atoms with van der Waals surface area (Å²) in [6.45, 7) is 10.1. The van der Waals surface area contributed by atoms with E-state index < -0.39 is 5.66 Å². The lowest BCUT2D eigenvalue weighted by Gasteiger charge is -2.19. The maximum Gasteiger partial charge on any atom is 0.172 e. The highest BCUT2D eigenvalue weighted by atomic mass is 32.1. The number of fused-ring (bicyclic) bond motifs is 1. The van der Waals surface area contributed by atoms with Crippen LogP contribution in [0.15, 0.2) is 45.0 Å². The number of benzene rings is 1. The molecular formula is C33H46N2O2S2. The quantitative estimate of drug-likeness (QED) is 0.144. The van der Waals surface area contributed by atoms with Crippen molar-refractivity contribution >= 4 is 22.7 Å². The summed E-state index contributed by atoms with van der Waals surface area (Å²) < 4.78 is 13.5. The number of nitrogens with zero attached hydrogens (tertiary/aromatic N) is 2. The van der Waals surface area contributed by atoms with E-state index in [-0.39, 0.29) is 0 Å². The predicted octanol–water partition coefficient (Wildman–Crippen LogP) is 9.61. The van der Waals surface area contributed by atoms with Gasteiger partial charge in [-0.25, -0.2) is 0 Å². The molecule has 0 unspecified atom stereocenters. The summed E-state index contributed by atoms with van der Waals surface area (Å²) in [5.41, 5.74) is 1.56. The lowest BCUT2D eigenvalue weighted by molar-refractivity contribution is 0.260. The maximum absolute atomic E-state index is 6.73. The summed E-state index contributed by atoms with van der Waals surface area (Å²) in [7, 11) is 0. The molecule has 0 spiro atoms. The number of rotatable bonds is 18. The van der Waals surface area contributed by atoms with Gasteiger partial charge in [-0.1, -0.05) is 90.2 Å². The highest BCUT2D eigenvalue weighted by Gasteiger charge is 2.30. The van der Waals surface area contributed by atoms with Crippen LogP contribution in [0.1, 0.15) is 105 Å². The van der Waals surface area contributed by atoms with Crippen LogP contribution in [0, 0.1) is 0 Å². The van der Waals surface area contributed by atoms with Crippen molar-refractivity contribution in [2.75, 3.05) is 13.2 Å². The highest BCUT2D eigenvalue weighted by Crippen LogP contribution is 2.44. The minimum absolute atomic E-state index is 0.519. The number of thiophene rings is 2. The second kappa shape index (κ2) is 15.0. The fourth-order valence-electron chi connectivity index (χ4n) is 5.16. The van der Waals surface area contributed by atoms with Gasteiger partial charge in [0.15, 0.2) is 11.5 Å². The Balaban J connectivity index is 1.73. The van der Waals surface area contributed by atoms with Gasteiger partial charge in [0.1, 0.15) is 5.66 Å². The van der Waals surface area contributed by atoms with Gasteiger partial charge in [0.05, 0.1) is 35.1 Å². The van der Waals surface area contributed by atoms with Crippen LogP contribution in [0.5, 0.6) is 11.5 Å². The minimum atomic E-state index is -0.519. The molecule has 0 saturated heterocycles. The van der Waals surface area contributed by atoms with E-state index in [4.69, 9.17) is 19.5 Å². The third-order valence-corrected chi connectivity index (χ3v) is 8.93. The van der Waals surface area contributed by atoms with Crippen LogP contribution in [0.25, 0.3) is 20.9 Å². The monoisotopic (exact) mass is 566 g/mol. The average molecular weight is 567 g/mol. The van der Waals surface area contributed by atoms with Crippen molar-refractivity contribution in [2.45, 2.75) is 110 Å². The molecule has 3 heterocycles. The average Bonchev–Trinajstić information content (AvgIpc) is 3.68. The van der Waals surface area contributed by atoms with E-state index >= 15 is 0 Å². The molecule has 3 aromatic rings. The Morgan fingerprint density at radius 2 is 1.03 bits per heavy atom. The summed E-state index contributed by atoms with van der Waals surface area (Å²) >= 11 is 3.45. The highest BCUT2D eigenvalue weighted by molar-refractivity contribution is 7.14. The summed E-state index contributed by atoms with van der Waals surface area (Å²) in [5, 5.41) is 6.13. The Kier molecular flexibility index (Phi) is 11.5. The van der Waals surface area contributed by atoms with Gasteiger partial charge in [0.2, 0.25) is 0 Å². The molecule has 212 valence electrons. The van der Waals surface area contributed by atoms with Crippen molar-refractivity contribution in [3.63, 3.8) is 0 Å². The van der Waals surface area contributed by atoms with Crippen LogP contribution >= 0.6 is 22.7 Å². The van der Waals surface area contributed by atoms with E-state index in [2.05, 4.69) is 62.7 Å². The minimum Gasteiger partial charge on any atom is -0.489 e. The van der Waals surface area contributed by atoms with Gasteiger partial charge in [0, 0.05) is 9.75 Å². The van der Waals surface area contributed by atoms with Gasteiger partial charge in [-0.3, -0.25) is 9.98 Å². The van der Waals surface area contributed by atoms with Crippen molar-refractivity contribution < 1.29 is 9.47 Å². The van der Waals surface area contributed by atoms with Crippen molar-refractivity contribution in [3.8, 4) is 32.4 Å². The molecule has 4 nitrogen and oxygen atoms in total. The molecule has 0 bridgehead atoms. The molecule has 4 rings (SSSR count).